The van der Waals surface area contributed by atoms with Crippen LogP contribution in [-0.4, -0.2) is 17.1 Å². The Kier molecular flexibility index (Phi) is 4.48. The Hall–Kier alpha value is -1.36. The van der Waals surface area contributed by atoms with Crippen molar-refractivity contribution in [3.05, 3.63) is 21.7 Å². The van der Waals surface area contributed by atoms with Gasteiger partial charge in [-0.3, -0.25) is 4.79 Å². The molecule has 1 aliphatic carbocycles. The minimum atomic E-state index is -0.490. The quantitative estimate of drug-likeness (QED) is 0.886. The summed E-state index contributed by atoms with van der Waals surface area (Å²) in [6, 6.07) is 0. The average Bonchev–Trinajstić information content (AvgIpc) is 2.42. The van der Waals surface area contributed by atoms with Gasteiger partial charge in [0.1, 0.15) is 17.2 Å². The largest absolute Gasteiger partial charge is 0.383 e. The normalized spacial score (nSPS) is 26.6. The third-order valence-electron chi connectivity index (χ3n) is 4.33. The number of rotatable bonds is 4. The van der Waals surface area contributed by atoms with Gasteiger partial charge < -0.3 is 15.5 Å². The van der Waals surface area contributed by atoms with E-state index in [1.807, 2.05) is 6.92 Å². The van der Waals surface area contributed by atoms with E-state index in [1.165, 1.54) is 6.42 Å². The van der Waals surface area contributed by atoms with E-state index in [9.17, 15) is 4.79 Å². The van der Waals surface area contributed by atoms with Gasteiger partial charge in [-0.25, -0.2) is 4.98 Å². The van der Waals surface area contributed by atoms with Crippen LogP contribution < -0.4 is 11.3 Å². The lowest BCUT2D eigenvalue weighted by Crippen LogP contribution is -2.38. The van der Waals surface area contributed by atoms with Crippen LogP contribution >= 0.6 is 0 Å². The Balaban J connectivity index is 2.43. The van der Waals surface area contributed by atoms with E-state index in [-0.39, 0.29) is 5.56 Å². The van der Waals surface area contributed by atoms with Crippen LogP contribution in [0.2, 0.25) is 0 Å². The number of hydrogen-bond acceptors (Lipinski definition) is 4. The van der Waals surface area contributed by atoms with Crippen molar-refractivity contribution in [2.24, 2.45) is 5.92 Å². The molecule has 0 saturated heterocycles. The molecule has 2 unspecified atom stereocenters. The fourth-order valence-corrected chi connectivity index (χ4v) is 3.22. The molecule has 1 aromatic rings. The molecule has 1 saturated carbocycles. The molecule has 0 aliphatic heterocycles. The predicted molar refractivity (Wildman–Crippen MR) is 79.6 cm³/mol. The molecule has 1 aromatic heterocycles. The van der Waals surface area contributed by atoms with E-state index in [1.54, 1.807) is 7.11 Å². The van der Waals surface area contributed by atoms with E-state index in [4.69, 9.17) is 10.5 Å². The molecule has 0 radical (unpaired) electrons. The van der Waals surface area contributed by atoms with E-state index in [2.05, 4.69) is 16.9 Å². The summed E-state index contributed by atoms with van der Waals surface area (Å²) in [4.78, 5) is 19.6. The number of nitrogens with zero attached hydrogens (tertiary/aromatic N) is 1. The third-order valence-corrected chi connectivity index (χ3v) is 4.33. The van der Waals surface area contributed by atoms with Gasteiger partial charge in [0.05, 0.1) is 5.56 Å². The molecule has 1 aliphatic rings. The first-order chi connectivity index (χ1) is 9.52. The number of H-pyrrole nitrogens is 1. The number of ether oxygens (including phenoxy) is 1. The van der Waals surface area contributed by atoms with Gasteiger partial charge >= 0.3 is 0 Å². The van der Waals surface area contributed by atoms with Gasteiger partial charge in [0.2, 0.25) is 0 Å². The highest BCUT2D eigenvalue weighted by Gasteiger charge is 2.39. The lowest BCUT2D eigenvalue weighted by Gasteiger charge is -2.38. The SMILES string of the molecule is CCCc1c(N)nc(C2(OC)CCCC(C)C2)[nH]c1=O. The van der Waals surface area contributed by atoms with Crippen LogP contribution in [0.3, 0.4) is 0 Å². The minimum absolute atomic E-state index is 0.121. The lowest BCUT2D eigenvalue weighted by molar-refractivity contribution is -0.0647. The first-order valence-corrected chi connectivity index (χ1v) is 7.46. The van der Waals surface area contributed by atoms with Crippen molar-refractivity contribution < 1.29 is 4.74 Å². The first-order valence-electron chi connectivity index (χ1n) is 7.46. The van der Waals surface area contributed by atoms with Crippen LogP contribution in [-0.2, 0) is 16.8 Å². The fourth-order valence-electron chi connectivity index (χ4n) is 3.22. The number of aromatic amines is 1. The van der Waals surface area contributed by atoms with Gasteiger partial charge in [0.25, 0.3) is 5.56 Å². The van der Waals surface area contributed by atoms with E-state index in [0.717, 1.165) is 25.7 Å². The van der Waals surface area contributed by atoms with E-state index >= 15 is 0 Å². The maximum atomic E-state index is 12.2. The molecule has 5 heteroatoms. The van der Waals surface area contributed by atoms with Crippen molar-refractivity contribution >= 4 is 5.82 Å². The number of aromatic nitrogens is 2. The second kappa shape index (κ2) is 5.95. The number of hydrogen-bond donors (Lipinski definition) is 2. The average molecular weight is 279 g/mol. The predicted octanol–water partition coefficient (Wildman–Crippen LogP) is 2.36. The summed E-state index contributed by atoms with van der Waals surface area (Å²) in [7, 11) is 1.69. The molecular weight excluding hydrogens is 254 g/mol. The van der Waals surface area contributed by atoms with Crippen LogP contribution in [0.15, 0.2) is 4.79 Å². The molecule has 2 rings (SSSR count). The van der Waals surface area contributed by atoms with E-state index in [0.29, 0.717) is 29.5 Å². The number of nitrogens with one attached hydrogen (secondary N) is 1. The van der Waals surface area contributed by atoms with Gasteiger partial charge in [-0.1, -0.05) is 26.7 Å². The van der Waals surface area contributed by atoms with Crippen molar-refractivity contribution in [3.8, 4) is 0 Å². The smallest absolute Gasteiger partial charge is 0.256 e. The van der Waals surface area contributed by atoms with Gasteiger partial charge in [0.15, 0.2) is 0 Å². The van der Waals surface area contributed by atoms with Gasteiger partial charge in [0, 0.05) is 7.11 Å². The fraction of sp³-hybridized carbons (Fsp3) is 0.733. The standard InChI is InChI=1S/C15H25N3O2/c1-4-6-11-12(16)17-14(18-13(11)19)15(20-3)8-5-7-10(2)9-15/h10H,4-9H2,1-3H3,(H3,16,17,18,19). The molecule has 0 aromatic carbocycles. The summed E-state index contributed by atoms with van der Waals surface area (Å²) in [5, 5.41) is 0. The van der Waals surface area contributed by atoms with Crippen LogP contribution in [0, 0.1) is 5.92 Å². The maximum Gasteiger partial charge on any atom is 0.256 e. The summed E-state index contributed by atoms with van der Waals surface area (Å²) >= 11 is 0. The molecule has 3 N–H and O–H groups in total. The molecule has 5 nitrogen and oxygen atoms in total. The number of methoxy groups -OCH3 is 1. The highest BCUT2D eigenvalue weighted by molar-refractivity contribution is 5.38. The van der Waals surface area contributed by atoms with Crippen LogP contribution in [0.4, 0.5) is 5.82 Å². The third kappa shape index (κ3) is 2.73. The second-order valence-corrected chi connectivity index (χ2v) is 5.93. The van der Waals surface area contributed by atoms with Crippen molar-refractivity contribution in [2.45, 2.75) is 58.0 Å². The Bertz CT molecular complexity index is 526. The molecule has 1 heterocycles. The molecule has 112 valence electrons. The highest BCUT2D eigenvalue weighted by atomic mass is 16.5. The Morgan fingerprint density at radius 1 is 1.55 bits per heavy atom. The van der Waals surface area contributed by atoms with Gasteiger partial charge in [-0.2, -0.15) is 0 Å². The van der Waals surface area contributed by atoms with Crippen LogP contribution in [0.1, 0.15) is 57.3 Å². The second-order valence-electron chi connectivity index (χ2n) is 5.93. The van der Waals surface area contributed by atoms with Crippen molar-refractivity contribution in [3.63, 3.8) is 0 Å². The van der Waals surface area contributed by atoms with Crippen molar-refractivity contribution in [2.75, 3.05) is 12.8 Å². The Morgan fingerprint density at radius 2 is 2.30 bits per heavy atom. The van der Waals surface area contributed by atoms with E-state index < -0.39 is 5.60 Å². The number of nitrogens with two attached hydrogens (primary N) is 1. The molecule has 1 fully saturated rings. The summed E-state index contributed by atoms with van der Waals surface area (Å²) in [5.74, 6) is 1.50. The van der Waals surface area contributed by atoms with Gasteiger partial charge in [-0.05, 0) is 31.6 Å². The minimum Gasteiger partial charge on any atom is -0.383 e. The van der Waals surface area contributed by atoms with Crippen molar-refractivity contribution in [1.82, 2.24) is 9.97 Å². The maximum absolute atomic E-state index is 12.2. The lowest BCUT2D eigenvalue weighted by atomic mass is 9.78. The molecule has 2 atom stereocenters. The van der Waals surface area contributed by atoms with Crippen molar-refractivity contribution in [1.29, 1.82) is 0 Å². The molecule has 0 bridgehead atoms. The zero-order chi connectivity index (χ0) is 14.8. The number of nitrogen functional groups attached to an aromatic ring is 1. The highest BCUT2D eigenvalue weighted by Crippen LogP contribution is 2.40. The van der Waals surface area contributed by atoms with Crippen LogP contribution in [0.25, 0.3) is 0 Å². The monoisotopic (exact) mass is 279 g/mol. The summed E-state index contributed by atoms with van der Waals surface area (Å²) in [6.45, 7) is 4.23. The first kappa shape index (κ1) is 15.0. The summed E-state index contributed by atoms with van der Waals surface area (Å²) in [5.41, 5.74) is 5.95. The molecule has 0 amide bonds. The van der Waals surface area contributed by atoms with Crippen LogP contribution in [0.5, 0.6) is 0 Å². The van der Waals surface area contributed by atoms with Gasteiger partial charge in [-0.15, -0.1) is 0 Å². The Morgan fingerprint density at radius 3 is 2.85 bits per heavy atom. The summed E-state index contributed by atoms with van der Waals surface area (Å²) < 4.78 is 5.76. The zero-order valence-electron chi connectivity index (χ0n) is 12.7. The topological polar surface area (TPSA) is 81.0 Å². The molecular formula is C15H25N3O2. The number of anilines is 1. The summed E-state index contributed by atoms with van der Waals surface area (Å²) in [6.07, 6.45) is 5.56. The Labute approximate surface area is 119 Å². The molecule has 20 heavy (non-hydrogen) atoms. The zero-order valence-corrected chi connectivity index (χ0v) is 12.7. The molecule has 0 spiro atoms.